The van der Waals surface area contributed by atoms with Crippen LogP contribution in [0.3, 0.4) is 0 Å². The van der Waals surface area contributed by atoms with E-state index in [9.17, 15) is 9.18 Å². The van der Waals surface area contributed by atoms with Gasteiger partial charge in [0.25, 0.3) is 0 Å². The van der Waals surface area contributed by atoms with Crippen LogP contribution in [0.4, 0.5) is 10.2 Å². The SMILES string of the molecule is COc1cc(F)ccc1-c1ccnc(NC=O)c1. The second-order valence-electron chi connectivity index (χ2n) is 3.54. The molecule has 0 aliphatic rings. The van der Waals surface area contributed by atoms with Gasteiger partial charge in [0.05, 0.1) is 7.11 Å². The van der Waals surface area contributed by atoms with E-state index in [1.54, 1.807) is 24.4 Å². The predicted molar refractivity (Wildman–Crippen MR) is 65.9 cm³/mol. The molecular formula is C13H11FN2O2. The van der Waals surface area contributed by atoms with Crippen molar-refractivity contribution in [1.29, 1.82) is 0 Å². The highest BCUT2D eigenvalue weighted by Crippen LogP contribution is 2.31. The van der Waals surface area contributed by atoms with Crippen LogP contribution in [0, 0.1) is 5.82 Å². The third kappa shape index (κ3) is 2.45. The summed E-state index contributed by atoms with van der Waals surface area (Å²) in [4.78, 5) is 14.3. The smallest absolute Gasteiger partial charge is 0.212 e. The number of nitrogens with one attached hydrogen (secondary N) is 1. The van der Waals surface area contributed by atoms with Gasteiger partial charge in [-0.25, -0.2) is 9.37 Å². The highest BCUT2D eigenvalue weighted by Gasteiger charge is 2.08. The molecule has 0 spiro atoms. The van der Waals surface area contributed by atoms with E-state index in [1.165, 1.54) is 19.2 Å². The Balaban J connectivity index is 2.47. The van der Waals surface area contributed by atoms with Crippen molar-refractivity contribution < 1.29 is 13.9 Å². The van der Waals surface area contributed by atoms with Crippen molar-refractivity contribution in [3.63, 3.8) is 0 Å². The minimum absolute atomic E-state index is 0.365. The van der Waals surface area contributed by atoms with E-state index in [1.807, 2.05) is 0 Å². The Labute approximate surface area is 103 Å². The average molecular weight is 246 g/mol. The van der Waals surface area contributed by atoms with E-state index < -0.39 is 0 Å². The number of halogens is 1. The van der Waals surface area contributed by atoms with E-state index in [0.717, 1.165) is 11.1 Å². The van der Waals surface area contributed by atoms with E-state index in [-0.39, 0.29) is 5.82 Å². The summed E-state index contributed by atoms with van der Waals surface area (Å²) in [5.41, 5.74) is 1.52. The molecule has 0 saturated heterocycles. The Morgan fingerprint density at radius 2 is 2.17 bits per heavy atom. The lowest BCUT2D eigenvalue weighted by Crippen LogP contribution is -1.97. The van der Waals surface area contributed by atoms with Crippen molar-refractivity contribution in [1.82, 2.24) is 4.98 Å². The van der Waals surface area contributed by atoms with Crippen molar-refractivity contribution in [2.24, 2.45) is 0 Å². The summed E-state index contributed by atoms with van der Waals surface area (Å²) in [5, 5.41) is 2.46. The predicted octanol–water partition coefficient (Wildman–Crippen LogP) is 2.46. The summed E-state index contributed by atoms with van der Waals surface area (Å²) in [5.74, 6) is 0.489. The van der Waals surface area contributed by atoms with Gasteiger partial charge >= 0.3 is 0 Å². The van der Waals surface area contributed by atoms with E-state index >= 15 is 0 Å². The number of amides is 1. The fraction of sp³-hybridized carbons (Fsp3) is 0.0769. The van der Waals surface area contributed by atoms with Gasteiger partial charge in [-0.15, -0.1) is 0 Å². The second kappa shape index (κ2) is 5.27. The maximum absolute atomic E-state index is 13.1. The lowest BCUT2D eigenvalue weighted by atomic mass is 10.1. The van der Waals surface area contributed by atoms with Crippen LogP contribution in [0.2, 0.25) is 0 Å². The number of nitrogens with zero attached hydrogens (tertiary/aromatic N) is 1. The maximum atomic E-state index is 13.1. The molecule has 1 amide bonds. The van der Waals surface area contributed by atoms with Crippen molar-refractivity contribution in [2.45, 2.75) is 0 Å². The number of ether oxygens (including phenoxy) is 1. The molecule has 1 heterocycles. The normalized spacial score (nSPS) is 9.89. The molecule has 1 aromatic carbocycles. The lowest BCUT2D eigenvalue weighted by molar-refractivity contribution is -0.105. The van der Waals surface area contributed by atoms with Crippen LogP contribution in [0.15, 0.2) is 36.5 Å². The summed E-state index contributed by atoms with van der Waals surface area (Å²) in [6.07, 6.45) is 2.11. The summed E-state index contributed by atoms with van der Waals surface area (Å²) in [6, 6.07) is 7.72. The summed E-state index contributed by atoms with van der Waals surface area (Å²) < 4.78 is 18.2. The monoisotopic (exact) mass is 246 g/mol. The Hall–Kier alpha value is -2.43. The van der Waals surface area contributed by atoms with Crippen LogP contribution in [-0.4, -0.2) is 18.5 Å². The molecule has 0 bridgehead atoms. The molecule has 0 fully saturated rings. The number of aromatic nitrogens is 1. The quantitative estimate of drug-likeness (QED) is 0.843. The molecule has 0 saturated carbocycles. The topological polar surface area (TPSA) is 51.2 Å². The number of hydrogen-bond donors (Lipinski definition) is 1. The van der Waals surface area contributed by atoms with Gasteiger partial charge in [-0.2, -0.15) is 0 Å². The van der Waals surface area contributed by atoms with E-state index in [2.05, 4.69) is 10.3 Å². The largest absolute Gasteiger partial charge is 0.496 e. The van der Waals surface area contributed by atoms with Gasteiger partial charge in [0.1, 0.15) is 17.4 Å². The Morgan fingerprint density at radius 3 is 2.89 bits per heavy atom. The Morgan fingerprint density at radius 1 is 1.33 bits per heavy atom. The molecule has 1 N–H and O–H groups in total. The Kier molecular flexibility index (Phi) is 3.52. The van der Waals surface area contributed by atoms with Crippen molar-refractivity contribution in [3.8, 4) is 16.9 Å². The van der Waals surface area contributed by atoms with Crippen LogP contribution in [-0.2, 0) is 4.79 Å². The molecule has 4 nitrogen and oxygen atoms in total. The van der Waals surface area contributed by atoms with Crippen LogP contribution in [0.25, 0.3) is 11.1 Å². The first kappa shape index (κ1) is 12.0. The molecular weight excluding hydrogens is 235 g/mol. The van der Waals surface area contributed by atoms with E-state index in [4.69, 9.17) is 4.74 Å². The fourth-order valence-electron chi connectivity index (χ4n) is 1.64. The van der Waals surface area contributed by atoms with Crippen LogP contribution in [0.1, 0.15) is 0 Å². The zero-order chi connectivity index (χ0) is 13.0. The first-order chi connectivity index (χ1) is 8.74. The van der Waals surface area contributed by atoms with Gasteiger partial charge in [-0.1, -0.05) is 0 Å². The molecule has 0 aliphatic heterocycles. The summed E-state index contributed by atoms with van der Waals surface area (Å²) in [6.45, 7) is 0. The number of rotatable bonds is 4. The Bertz CT molecular complexity index is 573. The van der Waals surface area contributed by atoms with Gasteiger partial charge in [0, 0.05) is 17.8 Å². The molecule has 5 heteroatoms. The van der Waals surface area contributed by atoms with Crippen molar-refractivity contribution in [3.05, 3.63) is 42.3 Å². The number of carbonyl (C=O) groups excluding carboxylic acids is 1. The zero-order valence-corrected chi connectivity index (χ0v) is 9.68. The van der Waals surface area contributed by atoms with Crippen molar-refractivity contribution in [2.75, 3.05) is 12.4 Å². The standard InChI is InChI=1S/C13H11FN2O2/c1-18-12-7-10(14)2-3-11(12)9-4-5-15-13(6-9)16-8-17/h2-8H,1H3,(H,15,16,17). The third-order valence-electron chi connectivity index (χ3n) is 2.44. The molecule has 92 valence electrons. The molecule has 0 radical (unpaired) electrons. The molecule has 0 aliphatic carbocycles. The number of methoxy groups -OCH3 is 1. The minimum atomic E-state index is -0.365. The number of benzene rings is 1. The molecule has 0 unspecified atom stereocenters. The highest BCUT2D eigenvalue weighted by atomic mass is 19.1. The molecule has 2 aromatic rings. The summed E-state index contributed by atoms with van der Waals surface area (Å²) in [7, 11) is 1.48. The van der Waals surface area contributed by atoms with Gasteiger partial charge < -0.3 is 10.1 Å². The number of hydrogen-bond acceptors (Lipinski definition) is 3. The van der Waals surface area contributed by atoms with Gasteiger partial charge in [0.15, 0.2) is 0 Å². The molecule has 18 heavy (non-hydrogen) atoms. The number of pyridine rings is 1. The van der Waals surface area contributed by atoms with Crippen LogP contribution >= 0.6 is 0 Å². The van der Waals surface area contributed by atoms with Gasteiger partial charge in [-0.3, -0.25) is 4.79 Å². The van der Waals surface area contributed by atoms with Gasteiger partial charge in [0.2, 0.25) is 6.41 Å². The number of carbonyl (C=O) groups is 1. The maximum Gasteiger partial charge on any atom is 0.212 e. The zero-order valence-electron chi connectivity index (χ0n) is 9.68. The molecule has 2 rings (SSSR count). The minimum Gasteiger partial charge on any atom is -0.496 e. The average Bonchev–Trinajstić information content (AvgIpc) is 2.39. The van der Waals surface area contributed by atoms with E-state index in [0.29, 0.717) is 18.0 Å². The third-order valence-corrected chi connectivity index (χ3v) is 2.44. The molecule has 0 atom stereocenters. The second-order valence-corrected chi connectivity index (χ2v) is 3.54. The molecule has 1 aromatic heterocycles. The first-order valence-electron chi connectivity index (χ1n) is 5.24. The fourth-order valence-corrected chi connectivity index (χ4v) is 1.64. The first-order valence-corrected chi connectivity index (χ1v) is 5.24. The van der Waals surface area contributed by atoms with Crippen LogP contribution in [0.5, 0.6) is 5.75 Å². The lowest BCUT2D eigenvalue weighted by Gasteiger charge is -2.09. The number of anilines is 1. The van der Waals surface area contributed by atoms with Crippen LogP contribution < -0.4 is 10.1 Å². The van der Waals surface area contributed by atoms with Gasteiger partial charge in [-0.05, 0) is 29.8 Å². The highest BCUT2D eigenvalue weighted by molar-refractivity contribution is 5.76. The van der Waals surface area contributed by atoms with Crippen molar-refractivity contribution >= 4 is 12.2 Å². The summed E-state index contributed by atoms with van der Waals surface area (Å²) >= 11 is 0.